The van der Waals surface area contributed by atoms with Gasteiger partial charge in [0.2, 0.25) is 0 Å². The van der Waals surface area contributed by atoms with Gasteiger partial charge in [0.15, 0.2) is 5.65 Å². The zero-order valence-electron chi connectivity index (χ0n) is 5.76. The van der Waals surface area contributed by atoms with E-state index in [4.69, 9.17) is 34.8 Å². The molecule has 0 spiro atoms. The molecule has 2 nitrogen and oxygen atoms in total. The van der Waals surface area contributed by atoms with Gasteiger partial charge in [-0.15, -0.1) is 0 Å². The van der Waals surface area contributed by atoms with E-state index in [2.05, 4.69) is 4.98 Å². The molecule has 0 atom stereocenters. The summed E-state index contributed by atoms with van der Waals surface area (Å²) in [6, 6.07) is 1.63. The Labute approximate surface area is 83.7 Å². The molecule has 12 heavy (non-hydrogen) atoms. The Hall–Kier alpha value is -0.440. The molecule has 0 aliphatic rings. The molecule has 2 rings (SSSR count). The van der Waals surface area contributed by atoms with Crippen molar-refractivity contribution in [1.82, 2.24) is 9.38 Å². The van der Waals surface area contributed by atoms with E-state index < -0.39 is 0 Å². The number of fused-ring (bicyclic) bond motifs is 1. The van der Waals surface area contributed by atoms with Crippen LogP contribution in [0.3, 0.4) is 0 Å². The van der Waals surface area contributed by atoms with E-state index in [9.17, 15) is 0 Å². The monoisotopic (exact) mass is 220 g/mol. The van der Waals surface area contributed by atoms with E-state index in [-0.39, 0.29) is 0 Å². The Morgan fingerprint density at radius 3 is 2.75 bits per heavy atom. The first-order chi connectivity index (χ1) is 5.68. The van der Waals surface area contributed by atoms with Crippen LogP contribution in [0.15, 0.2) is 18.5 Å². The minimum atomic E-state index is 0.495. The summed E-state index contributed by atoms with van der Waals surface area (Å²) in [4.78, 5) is 4.00. The van der Waals surface area contributed by atoms with Crippen molar-refractivity contribution in [2.75, 3.05) is 0 Å². The number of halogens is 3. The molecule has 0 saturated carbocycles. The van der Waals surface area contributed by atoms with Crippen molar-refractivity contribution < 1.29 is 0 Å². The van der Waals surface area contributed by atoms with Crippen molar-refractivity contribution in [3.05, 3.63) is 33.7 Å². The van der Waals surface area contributed by atoms with Crippen LogP contribution in [0.4, 0.5) is 0 Å². The van der Waals surface area contributed by atoms with Gasteiger partial charge in [-0.25, -0.2) is 4.98 Å². The molecule has 5 heteroatoms. The molecule has 2 heterocycles. The van der Waals surface area contributed by atoms with Gasteiger partial charge in [-0.1, -0.05) is 34.8 Å². The van der Waals surface area contributed by atoms with Crippen LogP contribution < -0.4 is 0 Å². The van der Waals surface area contributed by atoms with E-state index in [1.807, 2.05) is 0 Å². The number of hydrogen-bond acceptors (Lipinski definition) is 1. The minimum Gasteiger partial charge on any atom is -0.288 e. The van der Waals surface area contributed by atoms with Crippen LogP contribution in [0.1, 0.15) is 0 Å². The van der Waals surface area contributed by atoms with Crippen molar-refractivity contribution in [3.8, 4) is 0 Å². The average molecular weight is 221 g/mol. The van der Waals surface area contributed by atoms with Gasteiger partial charge in [-0.05, 0) is 6.07 Å². The molecule has 0 unspecified atom stereocenters. The van der Waals surface area contributed by atoms with Crippen LogP contribution in [0.5, 0.6) is 0 Å². The Kier molecular flexibility index (Phi) is 1.91. The van der Waals surface area contributed by atoms with Crippen LogP contribution in [-0.2, 0) is 0 Å². The SMILES string of the molecule is Clc1cc(Cl)c2ncc(Cl)n2c1. The van der Waals surface area contributed by atoms with Crippen LogP contribution in [0.25, 0.3) is 5.65 Å². The normalized spacial score (nSPS) is 10.9. The molecular weight excluding hydrogens is 218 g/mol. The molecule has 0 saturated heterocycles. The summed E-state index contributed by atoms with van der Waals surface area (Å²) in [5, 5.41) is 1.52. The summed E-state index contributed by atoms with van der Waals surface area (Å²) >= 11 is 17.4. The van der Waals surface area contributed by atoms with Gasteiger partial charge in [0.25, 0.3) is 0 Å². The quantitative estimate of drug-likeness (QED) is 0.667. The second kappa shape index (κ2) is 2.80. The lowest BCUT2D eigenvalue weighted by molar-refractivity contribution is 1.19. The Balaban J connectivity index is 2.92. The molecule has 0 amide bonds. The topological polar surface area (TPSA) is 17.3 Å². The van der Waals surface area contributed by atoms with Gasteiger partial charge in [0.05, 0.1) is 16.2 Å². The molecule has 0 bridgehead atoms. The fourth-order valence-electron chi connectivity index (χ4n) is 0.986. The maximum atomic E-state index is 5.85. The van der Waals surface area contributed by atoms with E-state index in [0.717, 1.165) is 0 Å². The third-order valence-electron chi connectivity index (χ3n) is 1.48. The highest BCUT2D eigenvalue weighted by Crippen LogP contribution is 2.23. The fraction of sp³-hybridized carbons (Fsp3) is 0. The number of rotatable bonds is 0. The molecular formula is C7H3Cl3N2. The second-order valence-corrected chi connectivity index (χ2v) is 3.51. The smallest absolute Gasteiger partial charge is 0.156 e. The molecule has 2 aromatic rings. The maximum Gasteiger partial charge on any atom is 0.156 e. The standard InChI is InChI=1S/C7H3Cl3N2/c8-4-1-5(9)7-11-2-6(10)12(7)3-4/h1-3H. The third-order valence-corrected chi connectivity index (χ3v) is 2.25. The minimum absolute atomic E-state index is 0.495. The molecule has 62 valence electrons. The van der Waals surface area contributed by atoms with Crippen molar-refractivity contribution in [2.24, 2.45) is 0 Å². The van der Waals surface area contributed by atoms with Crippen molar-refractivity contribution in [1.29, 1.82) is 0 Å². The van der Waals surface area contributed by atoms with Crippen molar-refractivity contribution in [3.63, 3.8) is 0 Å². The lowest BCUT2D eigenvalue weighted by Gasteiger charge is -1.97. The predicted molar refractivity (Wildman–Crippen MR) is 50.2 cm³/mol. The zero-order chi connectivity index (χ0) is 8.72. The molecule has 0 fully saturated rings. The Morgan fingerprint density at radius 1 is 1.25 bits per heavy atom. The number of aromatic nitrogens is 2. The third kappa shape index (κ3) is 1.16. The number of hydrogen-bond donors (Lipinski definition) is 0. The molecule has 0 radical (unpaired) electrons. The van der Waals surface area contributed by atoms with Crippen molar-refractivity contribution >= 4 is 40.4 Å². The highest BCUT2D eigenvalue weighted by molar-refractivity contribution is 6.37. The molecule has 2 aromatic heterocycles. The van der Waals surface area contributed by atoms with E-state index in [1.165, 1.54) is 6.20 Å². The van der Waals surface area contributed by atoms with Gasteiger partial charge >= 0.3 is 0 Å². The van der Waals surface area contributed by atoms with E-state index in [0.29, 0.717) is 20.8 Å². The number of imidazole rings is 1. The van der Waals surface area contributed by atoms with Crippen LogP contribution in [-0.4, -0.2) is 9.38 Å². The first kappa shape index (κ1) is 8.17. The van der Waals surface area contributed by atoms with Gasteiger partial charge < -0.3 is 0 Å². The van der Waals surface area contributed by atoms with E-state index in [1.54, 1.807) is 16.7 Å². The predicted octanol–water partition coefficient (Wildman–Crippen LogP) is 3.29. The second-order valence-electron chi connectivity index (χ2n) is 2.28. The summed E-state index contributed by atoms with van der Waals surface area (Å²) in [5.74, 6) is 0. The Bertz CT molecular complexity index is 435. The maximum absolute atomic E-state index is 5.85. The highest BCUT2D eigenvalue weighted by atomic mass is 35.5. The molecule has 0 aliphatic carbocycles. The Morgan fingerprint density at radius 2 is 2.00 bits per heavy atom. The zero-order valence-corrected chi connectivity index (χ0v) is 8.03. The first-order valence-electron chi connectivity index (χ1n) is 3.16. The number of nitrogens with zero attached hydrogens (tertiary/aromatic N) is 2. The lowest BCUT2D eigenvalue weighted by atomic mass is 10.5. The van der Waals surface area contributed by atoms with Gasteiger partial charge in [-0.2, -0.15) is 0 Å². The van der Waals surface area contributed by atoms with Crippen molar-refractivity contribution in [2.45, 2.75) is 0 Å². The molecule has 0 N–H and O–H groups in total. The van der Waals surface area contributed by atoms with Crippen LogP contribution in [0, 0.1) is 0 Å². The molecule has 0 aromatic carbocycles. The molecule has 0 aliphatic heterocycles. The summed E-state index contributed by atoms with van der Waals surface area (Å²) in [7, 11) is 0. The van der Waals surface area contributed by atoms with Gasteiger partial charge in [-0.3, -0.25) is 4.40 Å². The summed E-state index contributed by atoms with van der Waals surface area (Å²) in [6.45, 7) is 0. The van der Waals surface area contributed by atoms with E-state index >= 15 is 0 Å². The average Bonchev–Trinajstić information content (AvgIpc) is 2.33. The van der Waals surface area contributed by atoms with Crippen LogP contribution >= 0.6 is 34.8 Å². The van der Waals surface area contributed by atoms with Gasteiger partial charge in [0.1, 0.15) is 5.15 Å². The summed E-state index contributed by atoms with van der Waals surface area (Å²) in [5.41, 5.74) is 0.617. The fourth-order valence-corrected chi connectivity index (χ4v) is 1.68. The number of pyridine rings is 1. The van der Waals surface area contributed by atoms with Gasteiger partial charge in [0, 0.05) is 6.20 Å². The van der Waals surface area contributed by atoms with Crippen LogP contribution in [0.2, 0.25) is 15.2 Å². The first-order valence-corrected chi connectivity index (χ1v) is 4.29. The summed E-state index contributed by atoms with van der Waals surface area (Å²) in [6.07, 6.45) is 3.19. The lowest BCUT2D eigenvalue weighted by Crippen LogP contribution is -1.84. The summed E-state index contributed by atoms with van der Waals surface area (Å²) < 4.78 is 1.63. The largest absolute Gasteiger partial charge is 0.288 e. The highest BCUT2D eigenvalue weighted by Gasteiger charge is 2.05.